The number of methoxy groups -OCH3 is 1. The van der Waals surface area contributed by atoms with E-state index < -0.39 is 17.5 Å². The van der Waals surface area contributed by atoms with Crippen molar-refractivity contribution >= 4 is 11.0 Å². The summed E-state index contributed by atoms with van der Waals surface area (Å²) in [6, 6.07) is 6.70. The van der Waals surface area contributed by atoms with Gasteiger partial charge >= 0.3 is 0 Å². The van der Waals surface area contributed by atoms with Gasteiger partial charge in [-0.25, -0.2) is 0 Å². The van der Waals surface area contributed by atoms with Gasteiger partial charge in [-0.2, -0.15) is 0 Å². The Bertz CT molecular complexity index is 1080. The fourth-order valence-corrected chi connectivity index (χ4v) is 3.07. The number of phenolic OH excluding ortho intramolecular Hbond substituents is 2. The minimum absolute atomic E-state index is 0.0949. The van der Waals surface area contributed by atoms with Gasteiger partial charge in [0.1, 0.15) is 16.9 Å². The Labute approximate surface area is 141 Å². The first-order valence-electron chi connectivity index (χ1n) is 7.49. The van der Waals surface area contributed by atoms with Crippen LogP contribution in [0.4, 0.5) is 0 Å². The van der Waals surface area contributed by atoms with Crippen LogP contribution in [-0.4, -0.2) is 22.4 Å². The standard InChI is InChI=1S/C18H14O7/c1-7-12(19)11-14(21)10-8-5-3-4-6-9(8)24-18(22)16(10)25-15(11)17(23-2)13(7)20/h3-6,18-20,22H,1-2H3/t18-/m0/s1. The molecule has 25 heavy (non-hydrogen) atoms. The molecule has 0 radical (unpaired) electrons. The Balaban J connectivity index is 2.23. The lowest BCUT2D eigenvalue weighted by atomic mass is 9.97. The van der Waals surface area contributed by atoms with E-state index in [4.69, 9.17) is 13.9 Å². The van der Waals surface area contributed by atoms with E-state index in [-0.39, 0.29) is 39.4 Å². The molecule has 7 nitrogen and oxygen atoms in total. The number of rotatable bonds is 1. The maximum atomic E-state index is 13.1. The maximum absolute atomic E-state index is 13.1. The van der Waals surface area contributed by atoms with Gasteiger partial charge in [0.2, 0.25) is 11.2 Å². The van der Waals surface area contributed by atoms with Crippen molar-refractivity contribution in [1.82, 2.24) is 0 Å². The van der Waals surface area contributed by atoms with Crippen LogP contribution in [0.3, 0.4) is 0 Å². The second-order valence-corrected chi connectivity index (χ2v) is 5.70. The number of phenols is 2. The Hall–Kier alpha value is -3.19. The molecule has 128 valence electrons. The summed E-state index contributed by atoms with van der Waals surface area (Å²) >= 11 is 0. The summed E-state index contributed by atoms with van der Waals surface area (Å²) < 4.78 is 16.2. The van der Waals surface area contributed by atoms with E-state index in [1.807, 2.05) is 0 Å². The van der Waals surface area contributed by atoms with E-state index in [1.54, 1.807) is 24.3 Å². The number of hydrogen-bond donors (Lipinski definition) is 3. The number of benzene rings is 2. The highest BCUT2D eigenvalue weighted by Crippen LogP contribution is 2.47. The Morgan fingerprint density at radius 2 is 1.88 bits per heavy atom. The summed E-state index contributed by atoms with van der Waals surface area (Å²) in [6.07, 6.45) is -1.50. The summed E-state index contributed by atoms with van der Waals surface area (Å²) in [5.74, 6) is -0.630. The van der Waals surface area contributed by atoms with Gasteiger partial charge in [0.25, 0.3) is 6.29 Å². The molecule has 1 atom stereocenters. The van der Waals surface area contributed by atoms with Gasteiger partial charge in [0, 0.05) is 11.1 Å². The molecule has 4 rings (SSSR count). The third-order valence-electron chi connectivity index (χ3n) is 4.33. The molecule has 0 amide bonds. The first-order chi connectivity index (χ1) is 12.0. The summed E-state index contributed by atoms with van der Waals surface area (Å²) in [4.78, 5) is 13.1. The van der Waals surface area contributed by atoms with Gasteiger partial charge in [-0.1, -0.05) is 18.2 Å². The zero-order valence-electron chi connectivity index (χ0n) is 13.4. The Kier molecular flexibility index (Phi) is 3.16. The molecule has 0 fully saturated rings. The quantitative estimate of drug-likeness (QED) is 0.623. The third-order valence-corrected chi connectivity index (χ3v) is 4.33. The molecule has 1 aromatic heterocycles. The lowest BCUT2D eigenvalue weighted by Gasteiger charge is -2.24. The molecule has 0 aliphatic carbocycles. The van der Waals surface area contributed by atoms with Crippen molar-refractivity contribution in [2.75, 3.05) is 7.11 Å². The number of aliphatic hydroxyl groups excluding tert-OH is 1. The fourth-order valence-electron chi connectivity index (χ4n) is 3.07. The number of hydrogen-bond acceptors (Lipinski definition) is 7. The molecule has 1 aliphatic heterocycles. The molecule has 3 N–H and O–H groups in total. The number of aliphatic hydroxyl groups is 1. The molecule has 0 unspecified atom stereocenters. The largest absolute Gasteiger partial charge is 0.507 e. The van der Waals surface area contributed by atoms with Gasteiger partial charge in [-0.15, -0.1) is 0 Å². The van der Waals surface area contributed by atoms with E-state index in [1.165, 1.54) is 14.0 Å². The van der Waals surface area contributed by atoms with Crippen LogP contribution in [0.25, 0.3) is 22.1 Å². The molecule has 0 saturated heterocycles. The molecule has 2 heterocycles. The molecule has 0 spiro atoms. The van der Waals surface area contributed by atoms with E-state index in [0.29, 0.717) is 11.3 Å². The zero-order valence-corrected chi connectivity index (χ0v) is 13.4. The van der Waals surface area contributed by atoms with E-state index >= 15 is 0 Å². The van der Waals surface area contributed by atoms with Crippen LogP contribution in [-0.2, 0) is 0 Å². The van der Waals surface area contributed by atoms with Gasteiger partial charge in [0.05, 0.1) is 12.7 Å². The van der Waals surface area contributed by atoms with Crippen LogP contribution >= 0.6 is 0 Å². The highest BCUT2D eigenvalue weighted by atomic mass is 16.6. The van der Waals surface area contributed by atoms with Crippen LogP contribution in [0.15, 0.2) is 33.5 Å². The van der Waals surface area contributed by atoms with E-state index in [2.05, 4.69) is 0 Å². The molecular weight excluding hydrogens is 328 g/mol. The van der Waals surface area contributed by atoms with Crippen LogP contribution < -0.4 is 14.9 Å². The van der Waals surface area contributed by atoms with Crippen LogP contribution in [0.1, 0.15) is 17.6 Å². The fraction of sp³-hybridized carbons (Fsp3) is 0.167. The zero-order chi connectivity index (χ0) is 17.9. The highest BCUT2D eigenvalue weighted by Gasteiger charge is 2.33. The third kappa shape index (κ3) is 1.93. The van der Waals surface area contributed by atoms with Crippen molar-refractivity contribution in [3.05, 3.63) is 45.8 Å². The summed E-state index contributed by atoms with van der Waals surface area (Å²) in [7, 11) is 1.30. The van der Waals surface area contributed by atoms with Crippen molar-refractivity contribution < 1.29 is 29.2 Å². The molecule has 1 aliphatic rings. The smallest absolute Gasteiger partial charge is 0.257 e. The van der Waals surface area contributed by atoms with Crippen molar-refractivity contribution in [1.29, 1.82) is 0 Å². The van der Waals surface area contributed by atoms with Crippen LogP contribution in [0, 0.1) is 6.92 Å². The summed E-state index contributed by atoms with van der Waals surface area (Å²) in [6.45, 7) is 1.46. The summed E-state index contributed by atoms with van der Waals surface area (Å²) in [5, 5.41) is 30.6. The highest BCUT2D eigenvalue weighted by molar-refractivity contribution is 5.95. The molecular formula is C18H14O7. The number of aromatic hydroxyl groups is 2. The van der Waals surface area contributed by atoms with Crippen molar-refractivity contribution in [3.8, 4) is 34.1 Å². The minimum Gasteiger partial charge on any atom is -0.507 e. The van der Waals surface area contributed by atoms with Gasteiger partial charge in [-0.05, 0) is 13.0 Å². The average molecular weight is 342 g/mol. The first kappa shape index (κ1) is 15.3. The van der Waals surface area contributed by atoms with E-state index in [0.717, 1.165) is 0 Å². The predicted octanol–water partition coefficient (Wildman–Crippen LogP) is 2.57. The number of fused-ring (bicyclic) bond motifs is 4. The molecule has 3 aromatic rings. The monoisotopic (exact) mass is 342 g/mol. The van der Waals surface area contributed by atoms with Crippen LogP contribution in [0.2, 0.25) is 0 Å². The van der Waals surface area contributed by atoms with E-state index in [9.17, 15) is 20.1 Å². The first-order valence-corrected chi connectivity index (χ1v) is 7.49. The average Bonchev–Trinajstić information content (AvgIpc) is 2.60. The lowest BCUT2D eigenvalue weighted by Crippen LogP contribution is -2.20. The minimum atomic E-state index is -1.50. The molecule has 0 bridgehead atoms. The van der Waals surface area contributed by atoms with Gasteiger partial charge in [-0.3, -0.25) is 4.79 Å². The molecule has 2 aromatic carbocycles. The lowest BCUT2D eigenvalue weighted by molar-refractivity contribution is -0.0376. The normalized spacial score (nSPS) is 15.4. The number of para-hydroxylation sites is 1. The van der Waals surface area contributed by atoms with Crippen molar-refractivity contribution in [2.24, 2.45) is 0 Å². The van der Waals surface area contributed by atoms with Crippen molar-refractivity contribution in [2.45, 2.75) is 13.2 Å². The SMILES string of the molecule is COc1c(O)c(C)c(O)c2c(=O)c3c(oc12)[C@@H](O)Oc1ccccc1-3. The Morgan fingerprint density at radius 3 is 2.60 bits per heavy atom. The predicted molar refractivity (Wildman–Crippen MR) is 88.1 cm³/mol. The maximum Gasteiger partial charge on any atom is 0.257 e. The molecule has 0 saturated carbocycles. The number of ether oxygens (including phenoxy) is 2. The second-order valence-electron chi connectivity index (χ2n) is 5.70. The van der Waals surface area contributed by atoms with Crippen LogP contribution in [0.5, 0.6) is 23.0 Å². The molecule has 7 heteroatoms. The van der Waals surface area contributed by atoms with Crippen molar-refractivity contribution in [3.63, 3.8) is 0 Å². The van der Waals surface area contributed by atoms with Gasteiger partial charge < -0.3 is 29.2 Å². The second kappa shape index (κ2) is 5.15. The topological polar surface area (TPSA) is 109 Å². The van der Waals surface area contributed by atoms with Gasteiger partial charge in [0.15, 0.2) is 17.1 Å². The Morgan fingerprint density at radius 1 is 1.16 bits per heavy atom. The summed E-state index contributed by atoms with van der Waals surface area (Å²) in [5.41, 5.74) is -0.0665.